The summed E-state index contributed by atoms with van der Waals surface area (Å²) < 4.78 is 5.32. The Bertz CT molecular complexity index is 490. The van der Waals surface area contributed by atoms with E-state index < -0.39 is 0 Å². The SMILES string of the molecule is CCNCC(=O)Nc1coc2ccccc12. The zero-order chi connectivity index (χ0) is 11.4. The largest absolute Gasteiger partial charge is 0.462 e. The Labute approximate surface area is 93.6 Å². The van der Waals surface area contributed by atoms with Crippen LogP contribution < -0.4 is 10.6 Å². The highest BCUT2D eigenvalue weighted by molar-refractivity contribution is 6.01. The number of para-hydroxylation sites is 1. The highest BCUT2D eigenvalue weighted by Crippen LogP contribution is 2.24. The van der Waals surface area contributed by atoms with Crippen LogP contribution >= 0.6 is 0 Å². The lowest BCUT2D eigenvalue weighted by Gasteiger charge is -2.02. The molecule has 0 radical (unpaired) electrons. The van der Waals surface area contributed by atoms with Gasteiger partial charge in [-0.25, -0.2) is 0 Å². The van der Waals surface area contributed by atoms with E-state index in [1.165, 1.54) is 0 Å². The van der Waals surface area contributed by atoms with E-state index in [0.29, 0.717) is 6.54 Å². The number of likely N-dealkylation sites (N-methyl/N-ethyl adjacent to an activating group) is 1. The lowest BCUT2D eigenvalue weighted by atomic mass is 10.2. The van der Waals surface area contributed by atoms with Gasteiger partial charge in [0.15, 0.2) is 0 Å². The lowest BCUT2D eigenvalue weighted by Crippen LogP contribution is -2.27. The minimum absolute atomic E-state index is 0.0617. The Hall–Kier alpha value is -1.81. The second-order valence-electron chi connectivity index (χ2n) is 3.47. The second-order valence-corrected chi connectivity index (χ2v) is 3.47. The molecule has 16 heavy (non-hydrogen) atoms. The van der Waals surface area contributed by atoms with Crippen LogP contribution in [0.4, 0.5) is 5.69 Å². The van der Waals surface area contributed by atoms with Crippen LogP contribution in [0.25, 0.3) is 11.0 Å². The zero-order valence-corrected chi connectivity index (χ0v) is 9.12. The van der Waals surface area contributed by atoms with Gasteiger partial charge in [-0.2, -0.15) is 0 Å². The van der Waals surface area contributed by atoms with Crippen molar-refractivity contribution >= 4 is 22.6 Å². The Balaban J connectivity index is 2.12. The number of carbonyl (C=O) groups excluding carboxylic acids is 1. The van der Waals surface area contributed by atoms with Crippen molar-refractivity contribution in [3.63, 3.8) is 0 Å². The number of amides is 1. The summed E-state index contributed by atoms with van der Waals surface area (Å²) in [7, 11) is 0. The molecule has 2 rings (SSSR count). The van der Waals surface area contributed by atoms with E-state index in [0.717, 1.165) is 23.2 Å². The number of hydrogen-bond acceptors (Lipinski definition) is 3. The van der Waals surface area contributed by atoms with Gasteiger partial charge < -0.3 is 15.1 Å². The maximum Gasteiger partial charge on any atom is 0.238 e. The summed E-state index contributed by atoms with van der Waals surface area (Å²) in [5.41, 5.74) is 1.50. The molecular formula is C12H14N2O2. The monoisotopic (exact) mass is 218 g/mol. The van der Waals surface area contributed by atoms with Gasteiger partial charge in [0.1, 0.15) is 11.8 Å². The molecule has 2 N–H and O–H groups in total. The van der Waals surface area contributed by atoms with Crippen molar-refractivity contribution < 1.29 is 9.21 Å². The molecule has 4 heteroatoms. The first-order valence-electron chi connectivity index (χ1n) is 5.28. The van der Waals surface area contributed by atoms with Crippen molar-refractivity contribution in [1.29, 1.82) is 0 Å². The molecule has 0 saturated heterocycles. The number of hydrogen-bond donors (Lipinski definition) is 2. The molecule has 0 bridgehead atoms. The van der Waals surface area contributed by atoms with Gasteiger partial charge in [-0.15, -0.1) is 0 Å². The van der Waals surface area contributed by atoms with Crippen LogP contribution in [0, 0.1) is 0 Å². The molecule has 1 aromatic heterocycles. The predicted molar refractivity (Wildman–Crippen MR) is 63.4 cm³/mol. The molecule has 0 unspecified atom stereocenters. The van der Waals surface area contributed by atoms with Crippen molar-refractivity contribution in [3.8, 4) is 0 Å². The van der Waals surface area contributed by atoms with Gasteiger partial charge in [-0.1, -0.05) is 19.1 Å². The molecule has 0 aliphatic rings. The average Bonchev–Trinajstić information content (AvgIpc) is 2.70. The molecule has 0 aliphatic heterocycles. The summed E-state index contributed by atoms with van der Waals surface area (Å²) in [4.78, 5) is 11.5. The first kappa shape index (κ1) is 10.7. The summed E-state index contributed by atoms with van der Waals surface area (Å²) >= 11 is 0. The number of rotatable bonds is 4. The van der Waals surface area contributed by atoms with Crippen LogP contribution in [-0.4, -0.2) is 19.0 Å². The molecule has 0 saturated carbocycles. The molecule has 84 valence electrons. The molecule has 0 aliphatic carbocycles. The summed E-state index contributed by atoms with van der Waals surface area (Å²) in [6, 6.07) is 7.60. The first-order valence-corrected chi connectivity index (χ1v) is 5.28. The normalized spacial score (nSPS) is 10.6. The van der Waals surface area contributed by atoms with Crippen LogP contribution in [0.1, 0.15) is 6.92 Å². The Kier molecular flexibility index (Phi) is 3.22. The lowest BCUT2D eigenvalue weighted by molar-refractivity contribution is -0.115. The molecule has 2 aromatic rings. The van der Waals surface area contributed by atoms with E-state index in [-0.39, 0.29) is 5.91 Å². The minimum atomic E-state index is -0.0617. The van der Waals surface area contributed by atoms with Crippen LogP contribution in [0.2, 0.25) is 0 Å². The fraction of sp³-hybridized carbons (Fsp3) is 0.250. The minimum Gasteiger partial charge on any atom is -0.462 e. The molecule has 0 fully saturated rings. The van der Waals surface area contributed by atoms with E-state index in [9.17, 15) is 4.79 Å². The number of anilines is 1. The molecule has 4 nitrogen and oxygen atoms in total. The van der Waals surface area contributed by atoms with Gasteiger partial charge in [0.05, 0.1) is 12.2 Å². The van der Waals surface area contributed by atoms with E-state index >= 15 is 0 Å². The number of benzene rings is 1. The van der Waals surface area contributed by atoms with Crippen LogP contribution in [0.3, 0.4) is 0 Å². The molecule has 1 amide bonds. The van der Waals surface area contributed by atoms with Gasteiger partial charge in [0.25, 0.3) is 0 Å². The Morgan fingerprint density at radius 2 is 2.19 bits per heavy atom. The summed E-state index contributed by atoms with van der Waals surface area (Å²) in [5, 5.41) is 6.69. The zero-order valence-electron chi connectivity index (χ0n) is 9.12. The summed E-state index contributed by atoms with van der Waals surface area (Å²) in [6.07, 6.45) is 1.56. The van der Waals surface area contributed by atoms with E-state index in [4.69, 9.17) is 4.42 Å². The highest BCUT2D eigenvalue weighted by Gasteiger charge is 2.07. The van der Waals surface area contributed by atoms with Crippen LogP contribution in [-0.2, 0) is 4.79 Å². The third-order valence-corrected chi connectivity index (χ3v) is 2.29. The van der Waals surface area contributed by atoms with E-state index in [1.54, 1.807) is 6.26 Å². The number of nitrogens with one attached hydrogen (secondary N) is 2. The fourth-order valence-corrected chi connectivity index (χ4v) is 1.51. The Morgan fingerprint density at radius 1 is 1.38 bits per heavy atom. The molecule has 1 aromatic carbocycles. The molecule has 1 heterocycles. The predicted octanol–water partition coefficient (Wildman–Crippen LogP) is 1.98. The highest BCUT2D eigenvalue weighted by atomic mass is 16.3. The average molecular weight is 218 g/mol. The van der Waals surface area contributed by atoms with E-state index in [1.807, 2.05) is 31.2 Å². The van der Waals surface area contributed by atoms with Crippen molar-refractivity contribution in [2.24, 2.45) is 0 Å². The van der Waals surface area contributed by atoms with Crippen molar-refractivity contribution in [1.82, 2.24) is 5.32 Å². The third kappa shape index (κ3) is 2.23. The maximum atomic E-state index is 11.5. The van der Waals surface area contributed by atoms with Gasteiger partial charge in [0.2, 0.25) is 5.91 Å². The molecular weight excluding hydrogens is 204 g/mol. The standard InChI is InChI=1S/C12H14N2O2/c1-2-13-7-12(15)14-10-8-16-11-6-4-3-5-9(10)11/h3-6,8,13H,2,7H2,1H3,(H,14,15). The second kappa shape index (κ2) is 4.81. The van der Waals surface area contributed by atoms with Gasteiger partial charge >= 0.3 is 0 Å². The van der Waals surface area contributed by atoms with Crippen molar-refractivity contribution in [2.75, 3.05) is 18.4 Å². The summed E-state index contributed by atoms with van der Waals surface area (Å²) in [6.45, 7) is 3.05. The van der Waals surface area contributed by atoms with Gasteiger partial charge in [-0.05, 0) is 18.7 Å². The summed E-state index contributed by atoms with van der Waals surface area (Å²) in [5.74, 6) is -0.0617. The molecule has 0 spiro atoms. The number of carbonyl (C=O) groups is 1. The van der Waals surface area contributed by atoms with Crippen LogP contribution in [0.5, 0.6) is 0 Å². The third-order valence-electron chi connectivity index (χ3n) is 2.29. The van der Waals surface area contributed by atoms with Crippen molar-refractivity contribution in [2.45, 2.75) is 6.92 Å². The molecule has 0 atom stereocenters. The number of furan rings is 1. The van der Waals surface area contributed by atoms with E-state index in [2.05, 4.69) is 10.6 Å². The fourth-order valence-electron chi connectivity index (χ4n) is 1.51. The first-order chi connectivity index (χ1) is 7.81. The smallest absolute Gasteiger partial charge is 0.238 e. The van der Waals surface area contributed by atoms with Gasteiger partial charge in [0, 0.05) is 5.39 Å². The maximum absolute atomic E-state index is 11.5. The number of fused-ring (bicyclic) bond motifs is 1. The van der Waals surface area contributed by atoms with Crippen molar-refractivity contribution in [3.05, 3.63) is 30.5 Å². The van der Waals surface area contributed by atoms with Gasteiger partial charge in [-0.3, -0.25) is 4.79 Å². The quantitative estimate of drug-likeness (QED) is 0.825. The van der Waals surface area contributed by atoms with Crippen LogP contribution in [0.15, 0.2) is 34.9 Å². The topological polar surface area (TPSA) is 54.3 Å². The Morgan fingerprint density at radius 3 is 3.00 bits per heavy atom.